The zero-order valence-electron chi connectivity index (χ0n) is 23.1. The third-order valence-corrected chi connectivity index (χ3v) is 8.19. The number of carbonyl (C=O) groups is 1. The first-order chi connectivity index (χ1) is 18.2. The van der Waals surface area contributed by atoms with Gasteiger partial charge in [-0.25, -0.2) is 4.79 Å². The van der Waals surface area contributed by atoms with E-state index in [1.807, 2.05) is 30.3 Å². The van der Waals surface area contributed by atoms with Crippen LogP contribution in [0, 0.1) is 0 Å². The van der Waals surface area contributed by atoms with Gasteiger partial charge in [-0.2, -0.15) is 0 Å². The summed E-state index contributed by atoms with van der Waals surface area (Å²) >= 11 is 1.57. The molecule has 2 aromatic carbocycles. The van der Waals surface area contributed by atoms with E-state index in [1.54, 1.807) is 11.3 Å². The number of thiophene rings is 1. The van der Waals surface area contributed by atoms with Crippen LogP contribution in [0.5, 0.6) is 5.75 Å². The van der Waals surface area contributed by atoms with Crippen LogP contribution in [0.25, 0.3) is 11.1 Å². The third-order valence-electron chi connectivity index (χ3n) is 7.06. The topological polar surface area (TPSA) is 26.3 Å². The average molecular weight is 519 g/mol. The first kappa shape index (κ1) is 29.2. The molecule has 0 N–H and O–H groups in total. The van der Waals surface area contributed by atoms with Gasteiger partial charge in [0.1, 0.15) is 10.6 Å². The molecule has 0 spiro atoms. The Bertz CT molecular complexity index is 1020. The maximum Gasteiger partial charge on any atom is 0.353 e. The van der Waals surface area contributed by atoms with Crippen LogP contribution in [0.2, 0.25) is 0 Å². The van der Waals surface area contributed by atoms with Crippen LogP contribution in [-0.4, -0.2) is 5.97 Å². The lowest BCUT2D eigenvalue weighted by Crippen LogP contribution is -2.06. The van der Waals surface area contributed by atoms with Crippen LogP contribution in [0.15, 0.2) is 60.7 Å². The van der Waals surface area contributed by atoms with Crippen LogP contribution in [0.4, 0.5) is 0 Å². The van der Waals surface area contributed by atoms with Crippen molar-refractivity contribution >= 4 is 17.3 Å². The monoisotopic (exact) mass is 518 g/mol. The molecule has 0 bridgehead atoms. The van der Waals surface area contributed by atoms with Crippen molar-refractivity contribution in [2.45, 2.75) is 110 Å². The van der Waals surface area contributed by atoms with Gasteiger partial charge in [0.25, 0.3) is 0 Å². The van der Waals surface area contributed by atoms with E-state index in [4.69, 9.17) is 4.74 Å². The Morgan fingerprint density at radius 3 is 1.70 bits per heavy atom. The second-order valence-corrected chi connectivity index (χ2v) is 11.4. The Hall–Kier alpha value is -2.39. The summed E-state index contributed by atoms with van der Waals surface area (Å²) in [4.78, 5) is 14.6. The normalized spacial score (nSPS) is 11.1. The molecule has 0 saturated carbocycles. The molecule has 0 atom stereocenters. The number of hydrogen-bond acceptors (Lipinski definition) is 3. The van der Waals surface area contributed by atoms with E-state index in [1.165, 1.54) is 99.5 Å². The molecule has 0 fully saturated rings. The summed E-state index contributed by atoms with van der Waals surface area (Å²) in [6, 6.07) is 20.7. The van der Waals surface area contributed by atoms with E-state index >= 15 is 0 Å². The van der Waals surface area contributed by atoms with Gasteiger partial charge in [-0.15, -0.1) is 11.3 Å². The minimum absolute atomic E-state index is 0.261. The van der Waals surface area contributed by atoms with E-state index in [0.29, 0.717) is 10.6 Å². The zero-order chi connectivity index (χ0) is 26.1. The molecule has 200 valence electrons. The summed E-state index contributed by atoms with van der Waals surface area (Å²) < 4.78 is 5.66. The smallest absolute Gasteiger partial charge is 0.353 e. The summed E-state index contributed by atoms with van der Waals surface area (Å²) in [5.74, 6) is 0.332. The van der Waals surface area contributed by atoms with Crippen molar-refractivity contribution in [3.8, 4) is 16.9 Å². The van der Waals surface area contributed by atoms with Gasteiger partial charge in [0.2, 0.25) is 0 Å². The molecule has 37 heavy (non-hydrogen) atoms. The van der Waals surface area contributed by atoms with E-state index < -0.39 is 0 Å². The number of unbranched alkanes of at least 4 members (excludes halogenated alkanes) is 11. The average Bonchev–Trinajstić information content (AvgIpc) is 3.40. The zero-order valence-corrected chi connectivity index (χ0v) is 23.9. The summed E-state index contributed by atoms with van der Waals surface area (Å²) in [6.07, 6.45) is 19.3. The fraction of sp³-hybridized carbons (Fsp3) is 0.500. The van der Waals surface area contributed by atoms with Crippen LogP contribution in [-0.2, 0) is 12.8 Å². The lowest BCUT2D eigenvalue weighted by molar-refractivity contribution is 0.0740. The minimum Gasteiger partial charge on any atom is -0.422 e. The molecule has 3 aromatic rings. The maximum absolute atomic E-state index is 12.6. The SMILES string of the molecule is CCCCCCCCCc1ccc(C(=O)Oc2ccc(-c3ccc(CCCCCCCC)cc3)cc2)s1. The van der Waals surface area contributed by atoms with Crippen molar-refractivity contribution in [1.82, 2.24) is 0 Å². The van der Waals surface area contributed by atoms with Crippen molar-refractivity contribution in [1.29, 1.82) is 0 Å². The molecule has 1 heterocycles. The molecule has 0 unspecified atom stereocenters. The van der Waals surface area contributed by atoms with Crippen LogP contribution < -0.4 is 4.74 Å². The van der Waals surface area contributed by atoms with Crippen molar-refractivity contribution in [2.24, 2.45) is 0 Å². The summed E-state index contributed by atoms with van der Waals surface area (Å²) in [5.41, 5.74) is 3.74. The molecule has 0 saturated heterocycles. The van der Waals surface area contributed by atoms with Crippen molar-refractivity contribution in [2.75, 3.05) is 0 Å². The van der Waals surface area contributed by atoms with Gasteiger partial charge in [0.05, 0.1) is 0 Å². The van der Waals surface area contributed by atoms with Gasteiger partial charge in [-0.05, 0) is 66.6 Å². The Morgan fingerprint density at radius 1 is 0.595 bits per heavy atom. The van der Waals surface area contributed by atoms with Crippen LogP contribution in [0.3, 0.4) is 0 Å². The number of benzene rings is 2. The molecule has 1 aromatic heterocycles. The number of ether oxygens (including phenoxy) is 1. The van der Waals surface area contributed by atoms with Crippen LogP contribution >= 0.6 is 11.3 Å². The highest BCUT2D eigenvalue weighted by molar-refractivity contribution is 7.13. The quantitative estimate of drug-likeness (QED) is 0.0950. The molecule has 0 amide bonds. The van der Waals surface area contributed by atoms with Gasteiger partial charge in [-0.1, -0.05) is 121 Å². The van der Waals surface area contributed by atoms with Gasteiger partial charge < -0.3 is 4.74 Å². The second-order valence-electron chi connectivity index (χ2n) is 10.3. The Morgan fingerprint density at radius 2 is 1.11 bits per heavy atom. The molecule has 2 nitrogen and oxygen atoms in total. The Labute approximate surface area is 229 Å². The lowest BCUT2D eigenvalue weighted by Gasteiger charge is -2.07. The number of carbonyl (C=O) groups excluding carboxylic acids is 1. The molecular formula is C34H46O2S. The number of rotatable bonds is 18. The van der Waals surface area contributed by atoms with E-state index in [-0.39, 0.29) is 5.97 Å². The van der Waals surface area contributed by atoms with E-state index in [9.17, 15) is 4.79 Å². The van der Waals surface area contributed by atoms with Crippen molar-refractivity contribution in [3.05, 3.63) is 76.0 Å². The second kappa shape index (κ2) is 17.2. The largest absolute Gasteiger partial charge is 0.422 e. The fourth-order valence-corrected chi connectivity index (χ4v) is 5.65. The predicted octanol–water partition coefficient (Wildman–Crippen LogP) is 10.8. The number of esters is 1. The highest BCUT2D eigenvalue weighted by Gasteiger charge is 2.12. The predicted molar refractivity (Wildman–Crippen MR) is 160 cm³/mol. The number of hydrogen-bond donors (Lipinski definition) is 0. The first-order valence-electron chi connectivity index (χ1n) is 14.7. The van der Waals surface area contributed by atoms with Gasteiger partial charge in [0, 0.05) is 4.88 Å². The van der Waals surface area contributed by atoms with Gasteiger partial charge >= 0.3 is 5.97 Å². The lowest BCUT2D eigenvalue weighted by atomic mass is 10.0. The highest BCUT2D eigenvalue weighted by atomic mass is 32.1. The minimum atomic E-state index is -0.261. The third kappa shape index (κ3) is 10.9. The van der Waals surface area contributed by atoms with Crippen molar-refractivity contribution in [3.63, 3.8) is 0 Å². The maximum atomic E-state index is 12.6. The molecule has 0 radical (unpaired) electrons. The summed E-state index contributed by atoms with van der Waals surface area (Å²) in [7, 11) is 0. The number of aryl methyl sites for hydroxylation is 2. The van der Waals surface area contributed by atoms with Crippen LogP contribution in [0.1, 0.15) is 117 Å². The molecule has 0 aliphatic heterocycles. The van der Waals surface area contributed by atoms with Gasteiger partial charge in [-0.3, -0.25) is 0 Å². The standard InChI is InChI=1S/C34H46O2S/c1-3-5-7-9-11-13-15-17-32-26-27-33(37-32)34(35)36-31-24-22-30(23-25-31)29-20-18-28(19-21-29)16-14-12-10-8-6-4-2/h18-27H,3-17H2,1-2H3. The molecule has 0 aliphatic rings. The Kier molecular flexibility index (Phi) is 13.5. The first-order valence-corrected chi connectivity index (χ1v) is 15.5. The van der Waals surface area contributed by atoms with Gasteiger partial charge in [0.15, 0.2) is 0 Å². The fourth-order valence-electron chi connectivity index (χ4n) is 4.72. The Balaban J connectivity index is 1.40. The summed E-state index contributed by atoms with van der Waals surface area (Å²) in [5, 5.41) is 0. The van der Waals surface area contributed by atoms with Crippen molar-refractivity contribution < 1.29 is 9.53 Å². The molecule has 3 heteroatoms. The highest BCUT2D eigenvalue weighted by Crippen LogP contribution is 2.25. The molecule has 0 aliphatic carbocycles. The summed E-state index contributed by atoms with van der Waals surface area (Å²) in [6.45, 7) is 4.52. The van der Waals surface area contributed by atoms with E-state index in [2.05, 4.69) is 44.2 Å². The molecular weight excluding hydrogens is 472 g/mol. The van der Waals surface area contributed by atoms with E-state index in [0.717, 1.165) is 18.4 Å². The molecule has 3 rings (SSSR count).